The number of para-hydroxylation sites is 1. The molecule has 0 radical (unpaired) electrons. The van der Waals surface area contributed by atoms with E-state index < -0.39 is 0 Å². The first-order valence-electron chi connectivity index (χ1n) is 10.0. The predicted octanol–water partition coefficient (Wildman–Crippen LogP) is 4.29. The SMILES string of the molecule is C=CCOc1ccccc1CNC(=NC)NCc1cccc(Cn2ccnc2C)c1.I. The van der Waals surface area contributed by atoms with Crippen molar-refractivity contribution in [1.82, 2.24) is 20.2 Å². The first kappa shape index (κ1) is 24.5. The molecule has 0 saturated heterocycles. The van der Waals surface area contributed by atoms with E-state index in [4.69, 9.17) is 4.74 Å². The van der Waals surface area contributed by atoms with Gasteiger partial charge in [-0.2, -0.15) is 0 Å². The highest BCUT2D eigenvalue weighted by Gasteiger charge is 2.05. The minimum atomic E-state index is 0. The number of halogens is 1. The molecule has 0 atom stereocenters. The number of hydrogen-bond acceptors (Lipinski definition) is 3. The third-order valence-electron chi connectivity index (χ3n) is 4.73. The van der Waals surface area contributed by atoms with Gasteiger partial charge in [0.2, 0.25) is 0 Å². The number of aromatic nitrogens is 2. The van der Waals surface area contributed by atoms with Crippen molar-refractivity contribution in [2.45, 2.75) is 26.6 Å². The molecule has 1 heterocycles. The van der Waals surface area contributed by atoms with E-state index in [1.54, 1.807) is 13.1 Å². The zero-order chi connectivity index (χ0) is 21.2. The molecule has 7 heteroatoms. The minimum absolute atomic E-state index is 0. The lowest BCUT2D eigenvalue weighted by Gasteiger charge is -2.15. The van der Waals surface area contributed by atoms with Crippen molar-refractivity contribution >= 4 is 29.9 Å². The Morgan fingerprint density at radius 2 is 1.90 bits per heavy atom. The monoisotopic (exact) mass is 531 g/mol. The number of benzene rings is 2. The fraction of sp³-hybridized carbons (Fsp3) is 0.250. The summed E-state index contributed by atoms with van der Waals surface area (Å²) in [6.45, 7) is 8.32. The Morgan fingerprint density at radius 3 is 2.65 bits per heavy atom. The van der Waals surface area contributed by atoms with Crippen molar-refractivity contribution in [2.24, 2.45) is 4.99 Å². The largest absolute Gasteiger partial charge is 0.489 e. The molecule has 164 valence electrons. The Bertz CT molecular complexity index is 999. The van der Waals surface area contributed by atoms with Gasteiger partial charge in [0.05, 0.1) is 0 Å². The first-order chi connectivity index (χ1) is 14.7. The predicted molar refractivity (Wildman–Crippen MR) is 137 cm³/mol. The molecule has 3 aromatic rings. The van der Waals surface area contributed by atoms with Crippen LogP contribution < -0.4 is 15.4 Å². The maximum Gasteiger partial charge on any atom is 0.191 e. The molecular formula is C24H30IN5O. The van der Waals surface area contributed by atoms with E-state index >= 15 is 0 Å². The van der Waals surface area contributed by atoms with Gasteiger partial charge in [0, 0.05) is 44.6 Å². The molecule has 6 nitrogen and oxygen atoms in total. The van der Waals surface area contributed by atoms with Gasteiger partial charge in [0.25, 0.3) is 0 Å². The standard InChI is InChI=1S/C24H29N5O.HI/c1-4-14-30-23-11-6-5-10-22(23)17-28-24(25-3)27-16-20-8-7-9-21(15-20)18-29-13-12-26-19(29)2;/h4-13,15H,1,14,16-18H2,2-3H3,(H2,25,27,28);1H. The third kappa shape index (κ3) is 7.43. The maximum absolute atomic E-state index is 5.72. The second kappa shape index (κ2) is 12.8. The van der Waals surface area contributed by atoms with Gasteiger partial charge in [-0.05, 0) is 24.1 Å². The maximum atomic E-state index is 5.72. The number of nitrogens with one attached hydrogen (secondary N) is 2. The number of hydrogen-bond donors (Lipinski definition) is 2. The molecular weight excluding hydrogens is 501 g/mol. The first-order valence-corrected chi connectivity index (χ1v) is 10.0. The molecule has 3 rings (SSSR count). The van der Waals surface area contributed by atoms with Crippen molar-refractivity contribution < 1.29 is 4.74 Å². The van der Waals surface area contributed by atoms with Crippen LogP contribution in [0.5, 0.6) is 5.75 Å². The normalized spacial score (nSPS) is 10.8. The van der Waals surface area contributed by atoms with Gasteiger partial charge in [-0.15, -0.1) is 24.0 Å². The highest BCUT2D eigenvalue weighted by Crippen LogP contribution is 2.17. The van der Waals surface area contributed by atoms with Crippen LogP contribution in [-0.2, 0) is 19.6 Å². The van der Waals surface area contributed by atoms with Gasteiger partial charge < -0.3 is 19.9 Å². The average molecular weight is 531 g/mol. The fourth-order valence-corrected chi connectivity index (χ4v) is 3.13. The van der Waals surface area contributed by atoms with E-state index in [1.807, 2.05) is 43.6 Å². The summed E-state index contributed by atoms with van der Waals surface area (Å²) in [4.78, 5) is 8.62. The quantitative estimate of drug-likeness (QED) is 0.187. The number of aryl methyl sites for hydroxylation is 1. The molecule has 0 fully saturated rings. The molecule has 0 unspecified atom stereocenters. The summed E-state index contributed by atoms with van der Waals surface area (Å²) in [5, 5.41) is 6.73. The lowest BCUT2D eigenvalue weighted by molar-refractivity contribution is 0.358. The van der Waals surface area contributed by atoms with E-state index in [1.165, 1.54) is 11.1 Å². The zero-order valence-corrected chi connectivity index (χ0v) is 20.4. The van der Waals surface area contributed by atoms with Crippen LogP contribution in [0.1, 0.15) is 22.5 Å². The highest BCUT2D eigenvalue weighted by atomic mass is 127. The summed E-state index contributed by atoms with van der Waals surface area (Å²) in [7, 11) is 1.77. The van der Waals surface area contributed by atoms with Crippen molar-refractivity contribution in [3.63, 3.8) is 0 Å². The van der Waals surface area contributed by atoms with E-state index in [-0.39, 0.29) is 24.0 Å². The van der Waals surface area contributed by atoms with Crippen LogP contribution in [0, 0.1) is 6.92 Å². The van der Waals surface area contributed by atoms with Crippen LogP contribution in [0.3, 0.4) is 0 Å². The number of aliphatic imine (C=N–C) groups is 1. The van der Waals surface area contributed by atoms with E-state index in [9.17, 15) is 0 Å². The molecule has 0 aliphatic heterocycles. The molecule has 0 spiro atoms. The van der Waals surface area contributed by atoms with E-state index in [2.05, 4.69) is 56.0 Å². The number of guanidine groups is 1. The summed E-state index contributed by atoms with van der Waals surface area (Å²) in [5.41, 5.74) is 3.51. The molecule has 0 aliphatic rings. The fourth-order valence-electron chi connectivity index (χ4n) is 3.13. The summed E-state index contributed by atoms with van der Waals surface area (Å²) in [5.74, 6) is 2.60. The lowest BCUT2D eigenvalue weighted by atomic mass is 10.1. The van der Waals surface area contributed by atoms with Crippen LogP contribution >= 0.6 is 24.0 Å². The van der Waals surface area contributed by atoms with Crippen LogP contribution in [0.4, 0.5) is 0 Å². The summed E-state index contributed by atoms with van der Waals surface area (Å²) in [6, 6.07) is 16.5. The van der Waals surface area contributed by atoms with Gasteiger partial charge in [-0.1, -0.05) is 55.1 Å². The van der Waals surface area contributed by atoms with Gasteiger partial charge in [-0.3, -0.25) is 4.99 Å². The van der Waals surface area contributed by atoms with Crippen molar-refractivity contribution in [2.75, 3.05) is 13.7 Å². The van der Waals surface area contributed by atoms with E-state index in [0.29, 0.717) is 19.7 Å². The van der Waals surface area contributed by atoms with E-state index in [0.717, 1.165) is 29.6 Å². The Morgan fingerprint density at radius 1 is 1.13 bits per heavy atom. The molecule has 2 N–H and O–H groups in total. The summed E-state index contributed by atoms with van der Waals surface area (Å²) < 4.78 is 7.86. The second-order valence-corrected chi connectivity index (χ2v) is 6.91. The minimum Gasteiger partial charge on any atom is -0.489 e. The van der Waals surface area contributed by atoms with Crippen molar-refractivity contribution in [3.8, 4) is 5.75 Å². The van der Waals surface area contributed by atoms with Crippen LogP contribution in [0.2, 0.25) is 0 Å². The summed E-state index contributed by atoms with van der Waals surface area (Å²) in [6.07, 6.45) is 5.58. The van der Waals surface area contributed by atoms with Crippen molar-refractivity contribution in [1.29, 1.82) is 0 Å². The van der Waals surface area contributed by atoms with Crippen LogP contribution in [0.25, 0.3) is 0 Å². The molecule has 2 aromatic carbocycles. The third-order valence-corrected chi connectivity index (χ3v) is 4.73. The van der Waals surface area contributed by atoms with Crippen molar-refractivity contribution in [3.05, 3.63) is 96.1 Å². The Balaban J connectivity index is 0.00000341. The highest BCUT2D eigenvalue weighted by molar-refractivity contribution is 14.0. The second-order valence-electron chi connectivity index (χ2n) is 6.91. The van der Waals surface area contributed by atoms with Gasteiger partial charge >= 0.3 is 0 Å². The van der Waals surface area contributed by atoms with Crippen LogP contribution in [-0.4, -0.2) is 29.2 Å². The molecule has 0 saturated carbocycles. The molecule has 1 aromatic heterocycles. The molecule has 0 bridgehead atoms. The number of imidazole rings is 1. The smallest absolute Gasteiger partial charge is 0.191 e. The summed E-state index contributed by atoms with van der Waals surface area (Å²) >= 11 is 0. The van der Waals surface area contributed by atoms with Gasteiger partial charge in [0.15, 0.2) is 5.96 Å². The van der Waals surface area contributed by atoms with Gasteiger partial charge in [0.1, 0.15) is 18.2 Å². The topological polar surface area (TPSA) is 63.5 Å². The number of nitrogens with zero attached hydrogens (tertiary/aromatic N) is 3. The Hall–Kier alpha value is -2.81. The molecule has 31 heavy (non-hydrogen) atoms. The van der Waals surface area contributed by atoms with Crippen LogP contribution in [0.15, 0.2) is 78.6 Å². The Labute approximate surface area is 201 Å². The Kier molecular flexibility index (Phi) is 10.1. The molecule has 0 aliphatic carbocycles. The zero-order valence-electron chi connectivity index (χ0n) is 18.0. The molecule has 0 amide bonds. The van der Waals surface area contributed by atoms with Gasteiger partial charge in [-0.25, -0.2) is 4.98 Å². The number of ether oxygens (including phenoxy) is 1. The lowest BCUT2D eigenvalue weighted by Crippen LogP contribution is -2.36. The average Bonchev–Trinajstić information content (AvgIpc) is 3.17. The number of rotatable bonds is 9.